The summed E-state index contributed by atoms with van der Waals surface area (Å²) in [5.41, 5.74) is 11.8. The minimum atomic E-state index is -0.166. The summed E-state index contributed by atoms with van der Waals surface area (Å²) in [5.74, 6) is 13.6. The van der Waals surface area contributed by atoms with Gasteiger partial charge >= 0.3 is 0 Å². The number of hydrogen-bond acceptors (Lipinski definition) is 6. The average Bonchev–Trinajstić information content (AvgIpc) is 1.33. The van der Waals surface area contributed by atoms with E-state index in [2.05, 4.69) is 219 Å². The van der Waals surface area contributed by atoms with Crippen LogP contribution in [0.3, 0.4) is 0 Å². The molecular formula is C124H206O6. The Labute approximate surface area is 800 Å². The highest BCUT2D eigenvalue weighted by atomic mass is 16.3. The van der Waals surface area contributed by atoms with E-state index in [9.17, 15) is 30.0 Å². The van der Waals surface area contributed by atoms with Crippen LogP contribution in [0.25, 0.3) is 0 Å². The van der Waals surface area contributed by atoms with E-state index in [0.717, 1.165) is 112 Å². The molecule has 20 aliphatic carbocycles. The minimum Gasteiger partial charge on any atom is -0.393 e. The first-order chi connectivity index (χ1) is 59.6. The van der Waals surface area contributed by atoms with Gasteiger partial charge in [0.05, 0.1) is 24.4 Å². The van der Waals surface area contributed by atoms with E-state index in [1.165, 1.54) is 204 Å². The maximum atomic E-state index is 13.2. The second-order valence-electron chi connectivity index (χ2n) is 59.5. The molecule has 20 rings (SSSR count). The normalized spacial score (nSPS) is 55.1. The number of aliphatic hydroxyl groups is 4. The van der Waals surface area contributed by atoms with Crippen molar-refractivity contribution < 1.29 is 30.0 Å². The number of rotatable bonds is 5. The third-order valence-corrected chi connectivity index (χ3v) is 54.4. The van der Waals surface area contributed by atoms with Gasteiger partial charge in [-0.1, -0.05) is 241 Å². The number of aliphatic hydroxyl groups excluding tert-OH is 4. The first-order valence-corrected chi connectivity index (χ1v) is 56.0. The third kappa shape index (κ3) is 13.5. The molecule has 0 aromatic heterocycles. The Balaban J connectivity index is 0.000000127. The van der Waals surface area contributed by atoms with Crippen molar-refractivity contribution in [1.82, 2.24) is 0 Å². The van der Waals surface area contributed by atoms with E-state index in [-0.39, 0.29) is 86.0 Å². The molecule has 0 heterocycles. The fourth-order valence-electron chi connectivity index (χ4n) is 45.3. The highest BCUT2D eigenvalue weighted by molar-refractivity contribution is 5.84. The summed E-state index contributed by atoms with van der Waals surface area (Å²) in [7, 11) is 0. The number of allylic oxidation sites excluding steroid dienone is 6. The Bertz CT molecular complexity index is 4390. The van der Waals surface area contributed by atoms with Crippen LogP contribution >= 0.6 is 0 Å². The average molecular weight is 1790 g/mol. The number of carbonyl (C=O) groups is 2. The van der Waals surface area contributed by atoms with Gasteiger partial charge in [-0.05, 0) is 488 Å². The smallest absolute Gasteiger partial charge is 0.136 e. The molecule has 0 aromatic carbocycles. The van der Waals surface area contributed by atoms with Crippen molar-refractivity contribution in [2.45, 2.75) is 496 Å². The quantitative estimate of drug-likeness (QED) is 0.204. The molecule has 6 heteroatoms. The molecule has 38 atom stereocenters. The molecule has 18 saturated carbocycles. The Morgan fingerprint density at radius 3 is 1.14 bits per heavy atom. The van der Waals surface area contributed by atoms with Crippen molar-refractivity contribution in [2.24, 2.45) is 220 Å². The fraction of sp³-hybridized carbons (Fsp3) is 0.919. The van der Waals surface area contributed by atoms with E-state index < -0.39 is 0 Å². The van der Waals surface area contributed by atoms with Crippen LogP contribution in [0.2, 0.25) is 0 Å². The van der Waals surface area contributed by atoms with Crippen LogP contribution in [0.4, 0.5) is 0 Å². The minimum absolute atomic E-state index is 0. The topological polar surface area (TPSA) is 115 Å². The second kappa shape index (κ2) is 32.3. The van der Waals surface area contributed by atoms with E-state index >= 15 is 0 Å². The van der Waals surface area contributed by atoms with Crippen LogP contribution in [0.15, 0.2) is 47.6 Å². The Hall–Kier alpha value is -1.86. The van der Waals surface area contributed by atoms with Gasteiger partial charge in [0.2, 0.25) is 0 Å². The predicted octanol–water partition coefficient (Wildman–Crippen LogP) is 32.4. The number of fused-ring (bicyclic) bond motifs is 28. The lowest BCUT2D eigenvalue weighted by Crippen LogP contribution is -2.66. The van der Waals surface area contributed by atoms with Crippen LogP contribution in [-0.4, -0.2) is 56.4 Å². The van der Waals surface area contributed by atoms with Crippen molar-refractivity contribution in [3.05, 3.63) is 47.6 Å². The molecule has 130 heavy (non-hydrogen) atoms. The van der Waals surface area contributed by atoms with E-state index in [1.54, 1.807) is 11.1 Å². The number of carbonyl (C=O) groups excluding carboxylic acids is 2. The van der Waals surface area contributed by atoms with Crippen molar-refractivity contribution in [2.75, 3.05) is 0 Å². The summed E-state index contributed by atoms with van der Waals surface area (Å²) in [5, 5.41) is 43.6. The zero-order valence-corrected chi connectivity index (χ0v) is 89.7. The van der Waals surface area contributed by atoms with Crippen LogP contribution < -0.4 is 0 Å². The Kier molecular flexibility index (Phi) is 25.1. The van der Waals surface area contributed by atoms with Gasteiger partial charge in [0.1, 0.15) is 11.6 Å². The van der Waals surface area contributed by atoms with Gasteiger partial charge in [0, 0.05) is 10.8 Å². The number of ketones is 2. The summed E-state index contributed by atoms with van der Waals surface area (Å²) >= 11 is 0. The molecule has 0 radical (unpaired) electrons. The lowest BCUT2D eigenvalue weighted by molar-refractivity contribution is -0.247. The number of Topliss-reactive ketones (excluding diaryl/α,β-unsaturated/α-hetero) is 2. The standard InChI is InChI=1S/2C31H50O2.C31H52O.C30H50O.CH4/c1-19-11-16-31(21(3)32)18-17-29(7)22(26(31)20(19)2)9-10-24-28(6)14-13-25(33)27(4,5)23(28)12-15-30(24,29)8;1-20(32)31-17-15-26(2,3)19-22(31)21-9-10-24-28(6)13-12-25(33)27(4,5)23(28)11-14-30(24,8)29(21,7)16-18-31;1-9-31-17-12-21(20(2)3)26(31)22-10-11-24-28(6)15-14-25(32)27(4,5)23(28)13-16-30(24,8)29(22,7)18-19-31;1-19(2)20-11-14-27(5)17-18-29(7)21(25(20)27)9-10-23-28(6)15-13-24(31)26(3,4)22(28)12-16-30(23,29)8;/h9,19-20,23-26,33H,10-18H2,1-8H3;9,22-25,33H,10-19H2,1-8H3;21-26,32H,2,9-19H2,1,3-8H3;20-25,31H,1,9-18H2,2-8H3;1H4/t19-,20+,23+,24-,25+,26+,28+,29-,30-,31-;22-,23-,24+,25-,28-,29+,30+,31+;21-,22+,23-,24+,25-,26+,28-,29+,30+,31+;20-,21+,22-,23+,24-,25+,27+,28-,29+,30+;/m1000./s1. The third-order valence-electron chi connectivity index (χ3n) is 54.4. The molecule has 0 unspecified atom stereocenters. The maximum absolute atomic E-state index is 13.2. The highest BCUT2D eigenvalue weighted by Crippen LogP contribution is 2.84. The van der Waals surface area contributed by atoms with Gasteiger partial charge in [0.15, 0.2) is 0 Å². The van der Waals surface area contributed by atoms with Crippen molar-refractivity contribution >= 4 is 11.6 Å². The first-order valence-electron chi connectivity index (χ1n) is 56.0. The predicted molar refractivity (Wildman–Crippen MR) is 544 cm³/mol. The van der Waals surface area contributed by atoms with Gasteiger partial charge < -0.3 is 20.4 Å². The van der Waals surface area contributed by atoms with E-state index in [0.29, 0.717) is 130 Å². The van der Waals surface area contributed by atoms with Crippen molar-refractivity contribution in [1.29, 1.82) is 0 Å². The summed E-state index contributed by atoms with van der Waals surface area (Å²) < 4.78 is 0. The zero-order valence-electron chi connectivity index (χ0n) is 89.7. The van der Waals surface area contributed by atoms with E-state index in [1.807, 2.05) is 13.8 Å². The summed E-state index contributed by atoms with van der Waals surface area (Å²) in [4.78, 5) is 26.4. The molecule has 0 aliphatic heterocycles. The van der Waals surface area contributed by atoms with Crippen molar-refractivity contribution in [3.8, 4) is 0 Å². The summed E-state index contributed by atoms with van der Waals surface area (Å²) in [6, 6.07) is 0. The molecule has 0 saturated heterocycles. The zero-order chi connectivity index (χ0) is 94.4. The van der Waals surface area contributed by atoms with E-state index in [4.69, 9.17) is 0 Å². The molecule has 738 valence electrons. The molecule has 0 amide bonds. The van der Waals surface area contributed by atoms with Crippen LogP contribution in [0.1, 0.15) is 472 Å². The van der Waals surface area contributed by atoms with Crippen molar-refractivity contribution in [3.63, 3.8) is 0 Å². The molecule has 6 nitrogen and oxygen atoms in total. The van der Waals surface area contributed by atoms with Gasteiger partial charge in [-0.25, -0.2) is 0 Å². The first kappa shape index (κ1) is 101. The van der Waals surface area contributed by atoms with Gasteiger partial charge in [0.25, 0.3) is 0 Å². The lowest BCUT2D eigenvalue weighted by Gasteiger charge is -2.73. The highest BCUT2D eigenvalue weighted by Gasteiger charge is 2.77. The summed E-state index contributed by atoms with van der Waals surface area (Å²) in [6.07, 6.45) is 55.0. The Morgan fingerprint density at radius 2 is 0.715 bits per heavy atom. The van der Waals surface area contributed by atoms with Gasteiger partial charge in [-0.2, -0.15) is 0 Å². The number of hydrogen-bond donors (Lipinski definition) is 4. The summed E-state index contributed by atoms with van der Waals surface area (Å²) in [6.45, 7) is 83.1. The SMILES string of the molecule is C.C=C(C)[C@@H]1CC[C@]2(C)CC[C@]3(C)[C@H](CC[C@@H]4[C@@]5(C)CC[C@H](O)C(C)(C)[C@@H]5CC[C@]43C)[C@@H]12.C=C(C)[C@@H]1CC[C@]2(CC)CC[C@]3(C)[C@H](CC[C@@H]4[C@@]5(C)CC[C@H](O)C(C)(C)[C@@H]5CC[C@]43C)[C@@H]12.CC(=O)[C@]12CCC(C)(C)C[C@H]1C1=CC[C@@H]3[C@@]4(C)CC[C@H](O)C(C)(C)[C@@H]4CC[C@@]3(C)[C@]1(C)CC2.CC(=O)[C@]12CC[C@@H](C)[C@H](C)[C@H]1C1=CC[C@@H]3[C@@]4(C)CC[C@H](O)C(C)(C)[C@@H]4CC[C@@]3(C)[C@]1(C)CC2. The molecule has 0 spiro atoms. The van der Waals surface area contributed by atoms with Crippen LogP contribution in [-0.2, 0) is 9.59 Å². The molecule has 18 fully saturated rings. The lowest BCUT2D eigenvalue weighted by atomic mass is 9.32. The molecule has 4 N–H and O–H groups in total. The van der Waals surface area contributed by atoms with Crippen LogP contribution in [0, 0.1) is 220 Å². The van der Waals surface area contributed by atoms with Gasteiger partial charge in [-0.3, -0.25) is 9.59 Å². The molecular weight excluding hydrogens is 1590 g/mol. The fourth-order valence-corrected chi connectivity index (χ4v) is 45.3. The Morgan fingerprint density at radius 1 is 0.346 bits per heavy atom. The molecule has 0 aromatic rings. The second-order valence-corrected chi connectivity index (χ2v) is 59.5. The molecule has 20 aliphatic rings. The monoisotopic (exact) mass is 1790 g/mol. The largest absolute Gasteiger partial charge is 0.393 e. The maximum Gasteiger partial charge on any atom is 0.136 e. The van der Waals surface area contributed by atoms with Gasteiger partial charge in [-0.15, -0.1) is 0 Å². The molecule has 0 bridgehead atoms. The van der Waals surface area contributed by atoms with Crippen LogP contribution in [0.5, 0.6) is 0 Å².